The highest BCUT2D eigenvalue weighted by Crippen LogP contribution is 2.10. The van der Waals surface area contributed by atoms with Crippen molar-refractivity contribution in [3.05, 3.63) is 0 Å². The molecule has 110 valence electrons. The topological polar surface area (TPSA) is 102 Å². The van der Waals surface area contributed by atoms with Gasteiger partial charge >= 0.3 is 12.0 Å². The number of carboxylic acids is 1. The van der Waals surface area contributed by atoms with Crippen molar-refractivity contribution < 1.29 is 19.8 Å². The fourth-order valence-corrected chi connectivity index (χ4v) is 2.15. The van der Waals surface area contributed by atoms with Gasteiger partial charge in [-0.2, -0.15) is 0 Å². The van der Waals surface area contributed by atoms with Crippen molar-refractivity contribution in [3.63, 3.8) is 0 Å². The van der Waals surface area contributed by atoms with E-state index in [2.05, 4.69) is 15.5 Å². The molecule has 4 N–H and O–H groups in total. The molecule has 1 unspecified atom stereocenters. The summed E-state index contributed by atoms with van der Waals surface area (Å²) in [7, 11) is 0. The number of hydrogen-bond donors (Lipinski definition) is 4. The summed E-state index contributed by atoms with van der Waals surface area (Å²) in [6.07, 6.45) is 2.38. The lowest BCUT2D eigenvalue weighted by Gasteiger charge is -2.24. The first kappa shape index (κ1) is 15.7. The molecule has 0 spiro atoms. The van der Waals surface area contributed by atoms with Gasteiger partial charge in [-0.25, -0.2) is 9.59 Å². The van der Waals surface area contributed by atoms with Crippen molar-refractivity contribution in [1.29, 1.82) is 0 Å². The Bertz CT molecular complexity index is 305. The molecule has 1 fully saturated rings. The van der Waals surface area contributed by atoms with E-state index < -0.39 is 18.0 Å². The van der Waals surface area contributed by atoms with Crippen LogP contribution in [0.25, 0.3) is 0 Å². The first-order valence-electron chi connectivity index (χ1n) is 6.66. The van der Waals surface area contributed by atoms with Gasteiger partial charge in [0.25, 0.3) is 0 Å². The highest BCUT2D eigenvalue weighted by Gasteiger charge is 2.21. The number of nitrogens with zero attached hydrogens (tertiary/aromatic N) is 1. The predicted octanol–water partition coefficient (Wildman–Crippen LogP) is -0.394. The Kier molecular flexibility index (Phi) is 6.58. The number of aliphatic hydroxyl groups excluding tert-OH is 1. The average Bonchev–Trinajstić information content (AvgIpc) is 2.89. The van der Waals surface area contributed by atoms with Crippen LogP contribution in [0.4, 0.5) is 4.79 Å². The summed E-state index contributed by atoms with van der Waals surface area (Å²) >= 11 is 0. The van der Waals surface area contributed by atoms with Crippen molar-refractivity contribution in [2.24, 2.45) is 0 Å². The second kappa shape index (κ2) is 7.96. The highest BCUT2D eigenvalue weighted by atomic mass is 16.4. The van der Waals surface area contributed by atoms with Crippen LogP contribution in [0.15, 0.2) is 0 Å². The smallest absolute Gasteiger partial charge is 0.326 e. The van der Waals surface area contributed by atoms with Crippen LogP contribution in [0, 0.1) is 0 Å². The highest BCUT2D eigenvalue weighted by molar-refractivity contribution is 5.82. The Hall–Kier alpha value is -1.34. The van der Waals surface area contributed by atoms with E-state index in [1.54, 1.807) is 0 Å². The van der Waals surface area contributed by atoms with Gasteiger partial charge in [0.2, 0.25) is 0 Å². The van der Waals surface area contributed by atoms with Crippen LogP contribution in [0.5, 0.6) is 0 Å². The third-order valence-electron chi connectivity index (χ3n) is 3.34. The number of amides is 2. The van der Waals surface area contributed by atoms with Crippen LogP contribution in [0.1, 0.15) is 26.2 Å². The van der Waals surface area contributed by atoms with E-state index in [-0.39, 0.29) is 19.1 Å². The minimum atomic E-state index is -1.14. The van der Waals surface area contributed by atoms with Crippen molar-refractivity contribution >= 4 is 12.0 Å². The molecule has 2 amide bonds. The normalized spacial score (nSPS) is 18.8. The number of urea groups is 1. The zero-order valence-electron chi connectivity index (χ0n) is 11.3. The van der Waals surface area contributed by atoms with Gasteiger partial charge in [-0.3, -0.25) is 4.90 Å². The number of nitrogens with one attached hydrogen (secondary N) is 2. The molecule has 1 aliphatic rings. The average molecular weight is 273 g/mol. The maximum absolute atomic E-state index is 11.6. The molecule has 0 aromatic carbocycles. The van der Waals surface area contributed by atoms with E-state index in [0.717, 1.165) is 13.1 Å². The second-order valence-electron chi connectivity index (χ2n) is 4.85. The summed E-state index contributed by atoms with van der Waals surface area (Å²) in [6, 6.07) is -1.31. The predicted molar refractivity (Wildman–Crippen MR) is 69.9 cm³/mol. The molecule has 1 heterocycles. The van der Waals surface area contributed by atoms with Crippen LogP contribution in [-0.2, 0) is 4.79 Å². The Morgan fingerprint density at radius 3 is 2.47 bits per heavy atom. The molecule has 0 bridgehead atoms. The molecule has 0 radical (unpaired) electrons. The number of aliphatic carboxylic acids is 1. The van der Waals surface area contributed by atoms with Gasteiger partial charge in [0.15, 0.2) is 0 Å². The zero-order chi connectivity index (χ0) is 14.3. The number of rotatable bonds is 7. The summed E-state index contributed by atoms with van der Waals surface area (Å²) in [5.74, 6) is -1.14. The lowest BCUT2D eigenvalue weighted by atomic mass is 10.2. The number of aliphatic hydroxyl groups is 1. The maximum atomic E-state index is 11.6. The molecule has 2 atom stereocenters. The maximum Gasteiger partial charge on any atom is 0.326 e. The monoisotopic (exact) mass is 273 g/mol. The summed E-state index contributed by atoms with van der Waals surface area (Å²) in [6.45, 7) is 4.34. The molecule has 0 aliphatic carbocycles. The van der Waals surface area contributed by atoms with Crippen molar-refractivity contribution in [1.82, 2.24) is 15.5 Å². The van der Waals surface area contributed by atoms with E-state index in [4.69, 9.17) is 10.2 Å². The SMILES string of the molecule is CC(CNC(=O)N[C@H](CCO)C(=O)O)N1CCCC1. The first-order valence-corrected chi connectivity index (χ1v) is 6.66. The molecule has 0 aromatic rings. The lowest BCUT2D eigenvalue weighted by molar-refractivity contribution is -0.139. The largest absolute Gasteiger partial charge is 0.480 e. The van der Waals surface area contributed by atoms with Crippen molar-refractivity contribution in [3.8, 4) is 0 Å². The van der Waals surface area contributed by atoms with Crippen LogP contribution < -0.4 is 10.6 Å². The summed E-state index contributed by atoms with van der Waals surface area (Å²) < 4.78 is 0. The third-order valence-corrected chi connectivity index (χ3v) is 3.34. The van der Waals surface area contributed by atoms with E-state index in [0.29, 0.717) is 6.54 Å². The Morgan fingerprint density at radius 1 is 1.32 bits per heavy atom. The summed E-state index contributed by atoms with van der Waals surface area (Å²) in [5, 5.41) is 22.6. The van der Waals surface area contributed by atoms with E-state index in [9.17, 15) is 9.59 Å². The number of carboxylic acid groups (broad SMARTS) is 1. The molecule has 0 saturated carbocycles. The minimum absolute atomic E-state index is 0.00440. The first-order chi connectivity index (χ1) is 9.04. The van der Waals surface area contributed by atoms with Crippen LogP contribution in [0.3, 0.4) is 0 Å². The van der Waals surface area contributed by atoms with Gasteiger partial charge in [-0.05, 0) is 32.9 Å². The van der Waals surface area contributed by atoms with Crippen molar-refractivity contribution in [2.45, 2.75) is 38.3 Å². The fourth-order valence-electron chi connectivity index (χ4n) is 2.15. The zero-order valence-corrected chi connectivity index (χ0v) is 11.3. The Morgan fingerprint density at radius 2 is 1.95 bits per heavy atom. The van der Waals surface area contributed by atoms with Gasteiger partial charge in [0.1, 0.15) is 6.04 Å². The molecule has 1 aliphatic heterocycles. The molecular weight excluding hydrogens is 250 g/mol. The van der Waals surface area contributed by atoms with Crippen molar-refractivity contribution in [2.75, 3.05) is 26.2 Å². The number of carbonyl (C=O) groups excluding carboxylic acids is 1. The number of likely N-dealkylation sites (tertiary alicyclic amines) is 1. The molecule has 19 heavy (non-hydrogen) atoms. The molecule has 0 aromatic heterocycles. The van der Waals surface area contributed by atoms with E-state index in [1.807, 2.05) is 6.92 Å². The summed E-state index contributed by atoms with van der Waals surface area (Å²) in [5.41, 5.74) is 0. The molecule has 1 rings (SSSR count). The second-order valence-corrected chi connectivity index (χ2v) is 4.85. The third kappa shape index (κ3) is 5.44. The van der Waals surface area contributed by atoms with Gasteiger partial charge in [-0.1, -0.05) is 0 Å². The minimum Gasteiger partial charge on any atom is -0.480 e. The van der Waals surface area contributed by atoms with Crippen LogP contribution in [0.2, 0.25) is 0 Å². The molecule has 7 nitrogen and oxygen atoms in total. The van der Waals surface area contributed by atoms with Gasteiger partial charge in [-0.15, -0.1) is 0 Å². The fraction of sp³-hybridized carbons (Fsp3) is 0.833. The lowest BCUT2D eigenvalue weighted by Crippen LogP contribution is -2.49. The van der Waals surface area contributed by atoms with Gasteiger partial charge in [0, 0.05) is 25.6 Å². The molecule has 1 saturated heterocycles. The number of hydrogen-bond acceptors (Lipinski definition) is 4. The quantitative estimate of drug-likeness (QED) is 0.506. The molecule has 7 heteroatoms. The van der Waals surface area contributed by atoms with Gasteiger partial charge in [0.05, 0.1) is 0 Å². The van der Waals surface area contributed by atoms with Gasteiger partial charge < -0.3 is 20.8 Å². The van der Waals surface area contributed by atoms with Crippen LogP contribution >= 0.6 is 0 Å². The van der Waals surface area contributed by atoms with E-state index >= 15 is 0 Å². The number of carbonyl (C=O) groups is 2. The standard InChI is InChI=1S/C12H23N3O4/c1-9(15-5-2-3-6-15)8-13-12(19)14-10(4-7-16)11(17)18/h9-10,16H,2-8H2,1H3,(H,17,18)(H2,13,14,19)/t9?,10-/m1/s1. The molecular formula is C12H23N3O4. The Labute approximate surface area is 113 Å². The summed E-state index contributed by atoms with van der Waals surface area (Å²) in [4.78, 5) is 24.7. The Balaban J connectivity index is 2.27. The van der Waals surface area contributed by atoms with Crippen LogP contribution in [-0.4, -0.2) is 65.4 Å². The van der Waals surface area contributed by atoms with E-state index in [1.165, 1.54) is 12.8 Å².